The molecule has 4 rings (SSSR count). The summed E-state index contributed by atoms with van der Waals surface area (Å²) >= 11 is 0. The number of piperazine rings is 1. The predicted octanol–water partition coefficient (Wildman–Crippen LogP) is 3.51. The highest BCUT2D eigenvalue weighted by Crippen LogP contribution is 2.26. The lowest BCUT2D eigenvalue weighted by atomic mass is 10.1. The molecule has 1 aliphatic carbocycles. The Morgan fingerprint density at radius 1 is 0.923 bits per heavy atom. The van der Waals surface area contributed by atoms with E-state index in [-0.39, 0.29) is 0 Å². The van der Waals surface area contributed by atoms with Crippen molar-refractivity contribution in [3.63, 3.8) is 0 Å². The highest BCUT2D eigenvalue weighted by molar-refractivity contribution is 5.88. The van der Waals surface area contributed by atoms with Gasteiger partial charge in [-0.1, -0.05) is 25.0 Å². The molecule has 1 N–H and O–H groups in total. The molecule has 5 nitrogen and oxygen atoms in total. The maximum atomic E-state index is 11.0. The maximum Gasteiger partial charge on any atom is 0.335 e. The topological polar surface area (TPSA) is 56.7 Å². The van der Waals surface area contributed by atoms with Crippen LogP contribution in [0.2, 0.25) is 0 Å². The number of carboxylic acid groups (broad SMARTS) is 1. The van der Waals surface area contributed by atoms with Crippen molar-refractivity contribution in [2.45, 2.75) is 31.7 Å². The average Bonchev–Trinajstić information content (AvgIpc) is 3.23. The van der Waals surface area contributed by atoms with Crippen LogP contribution >= 0.6 is 0 Å². The van der Waals surface area contributed by atoms with E-state index in [1.807, 2.05) is 18.3 Å². The molecule has 0 atom stereocenters. The van der Waals surface area contributed by atoms with Crippen LogP contribution in [-0.2, 0) is 0 Å². The number of rotatable bonds is 4. The molecule has 0 unspecified atom stereocenters. The van der Waals surface area contributed by atoms with Gasteiger partial charge in [-0.25, -0.2) is 9.78 Å². The van der Waals surface area contributed by atoms with Crippen molar-refractivity contribution in [2.24, 2.45) is 0 Å². The summed E-state index contributed by atoms with van der Waals surface area (Å²) in [5.41, 5.74) is 2.30. The molecular weight excluding hydrogens is 326 g/mol. The van der Waals surface area contributed by atoms with Crippen LogP contribution in [0.3, 0.4) is 0 Å². The lowest BCUT2D eigenvalue weighted by Crippen LogP contribution is -2.49. The second kappa shape index (κ2) is 7.46. The minimum absolute atomic E-state index is 0.304. The standard InChI is InChI=1S/C21H25N3O2/c25-21(26)17-7-5-16(6-8-17)18-9-10-20(22-15-18)24-13-11-23(12-14-24)19-3-1-2-4-19/h5-10,15,19H,1-4,11-14H2,(H,25,26). The molecular formula is C21H25N3O2. The Morgan fingerprint density at radius 3 is 2.15 bits per heavy atom. The van der Waals surface area contributed by atoms with Gasteiger partial charge in [-0.3, -0.25) is 4.90 Å². The SMILES string of the molecule is O=C(O)c1ccc(-c2ccc(N3CCN(C4CCCC4)CC3)nc2)cc1. The number of carbonyl (C=O) groups is 1. The fraction of sp³-hybridized carbons (Fsp3) is 0.429. The molecule has 136 valence electrons. The van der Waals surface area contributed by atoms with E-state index in [0.29, 0.717) is 5.56 Å². The molecule has 2 heterocycles. The number of anilines is 1. The van der Waals surface area contributed by atoms with Crippen LogP contribution in [0.5, 0.6) is 0 Å². The average molecular weight is 351 g/mol. The number of pyridine rings is 1. The highest BCUT2D eigenvalue weighted by Gasteiger charge is 2.26. The minimum atomic E-state index is -0.901. The van der Waals surface area contributed by atoms with Gasteiger partial charge in [0, 0.05) is 44.0 Å². The van der Waals surface area contributed by atoms with E-state index in [1.165, 1.54) is 25.7 Å². The van der Waals surface area contributed by atoms with Gasteiger partial charge in [0.15, 0.2) is 0 Å². The molecule has 0 spiro atoms. The van der Waals surface area contributed by atoms with Crippen LogP contribution in [0.15, 0.2) is 42.6 Å². The normalized spacial score (nSPS) is 19.0. The van der Waals surface area contributed by atoms with Crippen molar-refractivity contribution in [1.82, 2.24) is 9.88 Å². The molecule has 0 bridgehead atoms. The van der Waals surface area contributed by atoms with Crippen LogP contribution < -0.4 is 4.90 Å². The van der Waals surface area contributed by atoms with E-state index >= 15 is 0 Å². The highest BCUT2D eigenvalue weighted by atomic mass is 16.4. The van der Waals surface area contributed by atoms with Crippen molar-refractivity contribution in [3.05, 3.63) is 48.2 Å². The molecule has 1 aromatic carbocycles. The molecule has 26 heavy (non-hydrogen) atoms. The number of hydrogen-bond donors (Lipinski definition) is 1. The van der Waals surface area contributed by atoms with Crippen molar-refractivity contribution in [1.29, 1.82) is 0 Å². The van der Waals surface area contributed by atoms with Gasteiger partial charge in [-0.15, -0.1) is 0 Å². The maximum absolute atomic E-state index is 11.0. The third kappa shape index (κ3) is 3.58. The van der Waals surface area contributed by atoms with Crippen LogP contribution in [0.4, 0.5) is 5.82 Å². The molecule has 2 fully saturated rings. The Morgan fingerprint density at radius 2 is 1.58 bits per heavy atom. The molecule has 0 radical (unpaired) electrons. The Bertz CT molecular complexity index is 744. The van der Waals surface area contributed by atoms with E-state index in [9.17, 15) is 4.79 Å². The van der Waals surface area contributed by atoms with Crippen LogP contribution in [-0.4, -0.2) is 53.2 Å². The van der Waals surface area contributed by atoms with E-state index in [1.54, 1.807) is 12.1 Å². The Labute approximate surface area is 154 Å². The van der Waals surface area contributed by atoms with Crippen LogP contribution in [0.1, 0.15) is 36.0 Å². The van der Waals surface area contributed by atoms with E-state index in [2.05, 4.69) is 26.9 Å². The van der Waals surface area contributed by atoms with Gasteiger partial charge in [0.25, 0.3) is 0 Å². The Kier molecular flexibility index (Phi) is 4.89. The first-order chi connectivity index (χ1) is 12.7. The minimum Gasteiger partial charge on any atom is -0.478 e. The number of aromatic carboxylic acids is 1. The van der Waals surface area contributed by atoms with Crippen molar-refractivity contribution in [2.75, 3.05) is 31.1 Å². The van der Waals surface area contributed by atoms with Gasteiger partial charge >= 0.3 is 5.97 Å². The number of hydrogen-bond acceptors (Lipinski definition) is 4. The Balaban J connectivity index is 1.39. The van der Waals surface area contributed by atoms with Crippen molar-refractivity contribution >= 4 is 11.8 Å². The monoisotopic (exact) mass is 351 g/mol. The van der Waals surface area contributed by atoms with Gasteiger partial charge in [-0.05, 0) is 42.7 Å². The molecule has 1 aliphatic heterocycles. The predicted molar refractivity (Wildman–Crippen MR) is 103 cm³/mol. The summed E-state index contributed by atoms with van der Waals surface area (Å²) in [5.74, 6) is 0.128. The summed E-state index contributed by atoms with van der Waals surface area (Å²) in [5, 5.41) is 8.99. The summed E-state index contributed by atoms with van der Waals surface area (Å²) in [6.07, 6.45) is 7.40. The van der Waals surface area contributed by atoms with Crippen LogP contribution in [0.25, 0.3) is 11.1 Å². The number of benzene rings is 1. The summed E-state index contributed by atoms with van der Waals surface area (Å²) in [6.45, 7) is 4.34. The van der Waals surface area contributed by atoms with Crippen molar-refractivity contribution < 1.29 is 9.90 Å². The first-order valence-electron chi connectivity index (χ1n) is 9.49. The zero-order valence-corrected chi connectivity index (χ0v) is 15.0. The lowest BCUT2D eigenvalue weighted by Gasteiger charge is -2.38. The summed E-state index contributed by atoms with van der Waals surface area (Å²) in [7, 11) is 0. The van der Waals surface area contributed by atoms with Gasteiger partial charge in [-0.2, -0.15) is 0 Å². The third-order valence-electron chi connectivity index (χ3n) is 5.69. The first-order valence-corrected chi connectivity index (χ1v) is 9.49. The molecule has 1 aromatic heterocycles. The van der Waals surface area contributed by atoms with E-state index in [0.717, 1.165) is 49.2 Å². The van der Waals surface area contributed by atoms with Gasteiger partial charge in [0.2, 0.25) is 0 Å². The van der Waals surface area contributed by atoms with E-state index < -0.39 is 5.97 Å². The van der Waals surface area contributed by atoms with Crippen LogP contribution in [0, 0.1) is 0 Å². The Hall–Kier alpha value is -2.40. The fourth-order valence-corrected chi connectivity index (χ4v) is 4.13. The third-order valence-corrected chi connectivity index (χ3v) is 5.69. The molecule has 1 saturated carbocycles. The zero-order valence-electron chi connectivity index (χ0n) is 15.0. The number of carboxylic acids is 1. The zero-order chi connectivity index (χ0) is 17.9. The second-order valence-corrected chi connectivity index (χ2v) is 7.25. The molecule has 2 aromatic rings. The van der Waals surface area contributed by atoms with Crippen molar-refractivity contribution in [3.8, 4) is 11.1 Å². The summed E-state index contributed by atoms with van der Waals surface area (Å²) < 4.78 is 0. The second-order valence-electron chi connectivity index (χ2n) is 7.25. The molecule has 1 saturated heterocycles. The smallest absolute Gasteiger partial charge is 0.335 e. The quantitative estimate of drug-likeness (QED) is 0.913. The van der Waals surface area contributed by atoms with Gasteiger partial charge in [0.05, 0.1) is 5.56 Å². The number of aromatic nitrogens is 1. The largest absolute Gasteiger partial charge is 0.478 e. The summed E-state index contributed by atoms with van der Waals surface area (Å²) in [4.78, 5) is 20.6. The molecule has 2 aliphatic rings. The number of nitrogens with zero attached hydrogens (tertiary/aromatic N) is 3. The fourth-order valence-electron chi connectivity index (χ4n) is 4.13. The van der Waals surface area contributed by atoms with Gasteiger partial charge in [0.1, 0.15) is 5.82 Å². The first kappa shape index (κ1) is 17.0. The van der Waals surface area contributed by atoms with E-state index in [4.69, 9.17) is 5.11 Å². The molecule has 0 amide bonds. The van der Waals surface area contributed by atoms with Gasteiger partial charge < -0.3 is 10.0 Å². The lowest BCUT2D eigenvalue weighted by molar-refractivity contribution is 0.0697. The molecule has 5 heteroatoms. The summed E-state index contributed by atoms with van der Waals surface area (Å²) in [6, 6.07) is 11.9.